The number of carbonyl (C=O) groups excluding carboxylic acids is 2. The zero-order valence-electron chi connectivity index (χ0n) is 15.4. The van der Waals surface area contributed by atoms with Gasteiger partial charge in [0.1, 0.15) is 16.9 Å². The van der Waals surface area contributed by atoms with Gasteiger partial charge in [-0.15, -0.1) is 0 Å². The summed E-state index contributed by atoms with van der Waals surface area (Å²) in [4.78, 5) is 29.3. The highest BCUT2D eigenvalue weighted by Gasteiger charge is 2.33. The molecular formula is C20H21N3O4. The second-order valence-electron chi connectivity index (χ2n) is 6.39. The van der Waals surface area contributed by atoms with E-state index < -0.39 is 5.54 Å². The second-order valence-corrected chi connectivity index (χ2v) is 6.39. The Morgan fingerprint density at radius 3 is 2.89 bits per heavy atom. The van der Waals surface area contributed by atoms with Crippen LogP contribution in [0.3, 0.4) is 0 Å². The molecule has 1 atom stereocenters. The van der Waals surface area contributed by atoms with E-state index in [0.717, 1.165) is 11.0 Å². The summed E-state index contributed by atoms with van der Waals surface area (Å²) in [5, 5.41) is 3.58. The standard InChI is InChI=1S/C20H21N3O4/c1-4-20(2,22-13-24)19(25)23(3)15-7-9-21-18(11-15)27-16-6-5-14-8-10-26-17(14)12-16/h5-13H,4H2,1-3H3,(H,22,24)/t20-/m1/s1. The van der Waals surface area contributed by atoms with Crippen LogP contribution in [0.1, 0.15) is 20.3 Å². The quantitative estimate of drug-likeness (QED) is 0.646. The fraction of sp³-hybridized carbons (Fsp3) is 0.250. The third kappa shape index (κ3) is 3.76. The Hall–Kier alpha value is -3.35. The summed E-state index contributed by atoms with van der Waals surface area (Å²) >= 11 is 0. The monoisotopic (exact) mass is 367 g/mol. The molecule has 1 N–H and O–H groups in total. The SMILES string of the molecule is CC[C@@](C)(NC=O)C(=O)N(C)c1ccnc(Oc2ccc3ccoc3c2)c1. The lowest BCUT2D eigenvalue weighted by Crippen LogP contribution is -2.54. The third-order valence-corrected chi connectivity index (χ3v) is 4.62. The lowest BCUT2D eigenvalue weighted by atomic mass is 9.97. The zero-order valence-corrected chi connectivity index (χ0v) is 15.4. The van der Waals surface area contributed by atoms with Gasteiger partial charge >= 0.3 is 0 Å². The van der Waals surface area contributed by atoms with E-state index in [0.29, 0.717) is 30.1 Å². The number of rotatable bonds is 7. The second kappa shape index (κ2) is 7.49. The number of aromatic nitrogens is 1. The molecule has 2 heterocycles. The van der Waals surface area contributed by atoms with Crippen molar-refractivity contribution in [1.29, 1.82) is 0 Å². The van der Waals surface area contributed by atoms with Crippen LogP contribution in [-0.4, -0.2) is 29.9 Å². The molecule has 3 rings (SSSR count). The number of hydrogen-bond donors (Lipinski definition) is 1. The minimum atomic E-state index is -0.981. The minimum absolute atomic E-state index is 0.230. The molecule has 7 heteroatoms. The molecule has 0 saturated heterocycles. The summed E-state index contributed by atoms with van der Waals surface area (Å²) in [6.45, 7) is 3.53. The maximum atomic E-state index is 12.8. The van der Waals surface area contributed by atoms with Gasteiger partial charge in [-0.3, -0.25) is 9.59 Å². The van der Waals surface area contributed by atoms with Gasteiger partial charge < -0.3 is 19.4 Å². The molecule has 0 saturated carbocycles. The predicted molar refractivity (Wildman–Crippen MR) is 102 cm³/mol. The van der Waals surface area contributed by atoms with Gasteiger partial charge in [0.15, 0.2) is 0 Å². The summed E-state index contributed by atoms with van der Waals surface area (Å²) in [5.41, 5.74) is 0.344. The van der Waals surface area contributed by atoms with Gasteiger partial charge in [-0.05, 0) is 37.6 Å². The lowest BCUT2D eigenvalue weighted by Gasteiger charge is -2.31. The first-order valence-electron chi connectivity index (χ1n) is 8.57. The number of amides is 2. The van der Waals surface area contributed by atoms with Crippen molar-refractivity contribution in [3.05, 3.63) is 48.9 Å². The average Bonchev–Trinajstić information content (AvgIpc) is 3.15. The van der Waals surface area contributed by atoms with E-state index in [9.17, 15) is 9.59 Å². The van der Waals surface area contributed by atoms with Crippen molar-refractivity contribution in [2.75, 3.05) is 11.9 Å². The van der Waals surface area contributed by atoms with Crippen LogP contribution in [0.25, 0.3) is 11.0 Å². The smallest absolute Gasteiger partial charge is 0.252 e. The molecular weight excluding hydrogens is 346 g/mol. The summed E-state index contributed by atoms with van der Waals surface area (Å²) < 4.78 is 11.2. The van der Waals surface area contributed by atoms with E-state index in [1.807, 2.05) is 25.1 Å². The Morgan fingerprint density at radius 2 is 2.15 bits per heavy atom. The molecule has 7 nitrogen and oxygen atoms in total. The van der Waals surface area contributed by atoms with Crippen molar-refractivity contribution >= 4 is 29.0 Å². The van der Waals surface area contributed by atoms with Gasteiger partial charge in [-0.1, -0.05) is 6.92 Å². The summed E-state index contributed by atoms with van der Waals surface area (Å²) in [6.07, 6.45) is 4.19. The van der Waals surface area contributed by atoms with E-state index in [1.54, 1.807) is 44.6 Å². The highest BCUT2D eigenvalue weighted by Crippen LogP contribution is 2.28. The van der Waals surface area contributed by atoms with Gasteiger partial charge in [-0.25, -0.2) is 4.98 Å². The number of nitrogens with one attached hydrogen (secondary N) is 1. The van der Waals surface area contributed by atoms with Crippen molar-refractivity contribution in [1.82, 2.24) is 10.3 Å². The highest BCUT2D eigenvalue weighted by atomic mass is 16.5. The van der Waals surface area contributed by atoms with Gasteiger partial charge in [0, 0.05) is 30.8 Å². The first-order chi connectivity index (χ1) is 13.0. The normalized spacial score (nSPS) is 13.0. The Morgan fingerprint density at radius 1 is 1.33 bits per heavy atom. The van der Waals surface area contributed by atoms with Crippen LogP contribution in [0, 0.1) is 0 Å². The lowest BCUT2D eigenvalue weighted by molar-refractivity contribution is -0.127. The fourth-order valence-corrected chi connectivity index (χ4v) is 2.72. The number of pyridine rings is 1. The largest absolute Gasteiger partial charge is 0.464 e. The van der Waals surface area contributed by atoms with Crippen LogP contribution in [-0.2, 0) is 9.59 Å². The topological polar surface area (TPSA) is 84.7 Å². The number of carbonyl (C=O) groups is 2. The van der Waals surface area contributed by atoms with Crippen molar-refractivity contribution in [3.63, 3.8) is 0 Å². The molecule has 0 fully saturated rings. The molecule has 2 aromatic heterocycles. The number of furan rings is 1. The first-order valence-corrected chi connectivity index (χ1v) is 8.57. The van der Waals surface area contributed by atoms with Gasteiger partial charge in [-0.2, -0.15) is 0 Å². The number of anilines is 1. The van der Waals surface area contributed by atoms with Crippen LogP contribution < -0.4 is 15.0 Å². The number of benzene rings is 1. The van der Waals surface area contributed by atoms with E-state index in [4.69, 9.17) is 9.15 Å². The van der Waals surface area contributed by atoms with Gasteiger partial charge in [0.05, 0.1) is 12.0 Å². The maximum Gasteiger partial charge on any atom is 0.252 e. The molecule has 0 aliphatic heterocycles. The summed E-state index contributed by atoms with van der Waals surface area (Å²) in [7, 11) is 1.65. The Labute approximate surface area is 156 Å². The van der Waals surface area contributed by atoms with Crippen molar-refractivity contribution < 1.29 is 18.7 Å². The van der Waals surface area contributed by atoms with Crippen molar-refractivity contribution in [2.45, 2.75) is 25.8 Å². The molecule has 0 bridgehead atoms. The molecule has 27 heavy (non-hydrogen) atoms. The number of likely N-dealkylation sites (N-methyl/N-ethyl adjacent to an activating group) is 1. The number of ether oxygens (including phenoxy) is 1. The molecule has 0 radical (unpaired) electrons. The first kappa shape index (κ1) is 18.4. The van der Waals surface area contributed by atoms with Crippen LogP contribution in [0.4, 0.5) is 5.69 Å². The molecule has 0 spiro atoms. The van der Waals surface area contributed by atoms with E-state index in [2.05, 4.69) is 10.3 Å². The minimum Gasteiger partial charge on any atom is -0.464 e. The molecule has 2 amide bonds. The van der Waals surface area contributed by atoms with Crippen molar-refractivity contribution in [3.8, 4) is 11.6 Å². The highest BCUT2D eigenvalue weighted by molar-refractivity contribution is 6.00. The van der Waals surface area contributed by atoms with Crippen LogP contribution in [0.2, 0.25) is 0 Å². The predicted octanol–water partition coefficient (Wildman–Crippen LogP) is 3.50. The molecule has 1 aromatic carbocycles. The number of nitrogens with zero attached hydrogens (tertiary/aromatic N) is 2. The molecule has 3 aromatic rings. The molecule has 140 valence electrons. The summed E-state index contributed by atoms with van der Waals surface area (Å²) in [5.74, 6) is 0.697. The van der Waals surface area contributed by atoms with Crippen LogP contribution in [0.5, 0.6) is 11.6 Å². The summed E-state index contributed by atoms with van der Waals surface area (Å²) in [6, 6.07) is 10.7. The van der Waals surface area contributed by atoms with Crippen LogP contribution >= 0.6 is 0 Å². The molecule has 0 aliphatic rings. The number of hydrogen-bond acceptors (Lipinski definition) is 5. The van der Waals surface area contributed by atoms with Gasteiger partial charge in [0.2, 0.25) is 12.3 Å². The molecule has 0 aliphatic carbocycles. The maximum absolute atomic E-state index is 12.8. The Kier molecular flexibility index (Phi) is 5.12. The van der Waals surface area contributed by atoms with E-state index >= 15 is 0 Å². The van der Waals surface area contributed by atoms with Gasteiger partial charge in [0.25, 0.3) is 5.91 Å². The number of fused-ring (bicyclic) bond motifs is 1. The van der Waals surface area contributed by atoms with E-state index in [1.165, 1.54) is 4.90 Å². The van der Waals surface area contributed by atoms with Crippen molar-refractivity contribution in [2.24, 2.45) is 0 Å². The molecule has 0 unspecified atom stereocenters. The van der Waals surface area contributed by atoms with E-state index in [-0.39, 0.29) is 5.91 Å². The van der Waals surface area contributed by atoms with Crippen LogP contribution in [0.15, 0.2) is 53.3 Å². The average molecular weight is 367 g/mol. The Balaban J connectivity index is 1.81. The fourth-order valence-electron chi connectivity index (χ4n) is 2.72. The third-order valence-electron chi connectivity index (χ3n) is 4.62. The zero-order chi connectivity index (χ0) is 19.4. The Bertz CT molecular complexity index is 969.